The second-order valence-corrected chi connectivity index (χ2v) is 8.97. The Balaban J connectivity index is 1.45. The lowest BCUT2D eigenvalue weighted by atomic mass is 9.66. The van der Waals surface area contributed by atoms with Gasteiger partial charge in [0.1, 0.15) is 6.04 Å². The Labute approximate surface area is 166 Å². The van der Waals surface area contributed by atoms with Gasteiger partial charge in [0.15, 0.2) is 18.0 Å². The van der Waals surface area contributed by atoms with Crippen LogP contribution in [-0.2, 0) is 4.79 Å². The van der Waals surface area contributed by atoms with Crippen molar-refractivity contribution in [2.24, 2.45) is 5.92 Å². The summed E-state index contributed by atoms with van der Waals surface area (Å²) in [7, 11) is 0. The van der Waals surface area contributed by atoms with E-state index in [0.717, 1.165) is 76.1 Å². The number of quaternary nitrogens is 1. The highest BCUT2D eigenvalue weighted by Crippen LogP contribution is 2.45. The fourth-order valence-corrected chi connectivity index (χ4v) is 5.90. The van der Waals surface area contributed by atoms with Crippen LogP contribution in [0.4, 0.5) is 0 Å². The fourth-order valence-electron chi connectivity index (χ4n) is 5.90. The molecule has 1 aromatic rings. The van der Waals surface area contributed by atoms with Crippen molar-refractivity contribution in [3.05, 3.63) is 23.8 Å². The molecule has 0 aromatic heterocycles. The van der Waals surface area contributed by atoms with E-state index in [2.05, 4.69) is 12.1 Å². The molecule has 3 heterocycles. The van der Waals surface area contributed by atoms with Crippen molar-refractivity contribution < 1.29 is 24.3 Å². The van der Waals surface area contributed by atoms with Gasteiger partial charge in [-0.2, -0.15) is 0 Å². The number of amides is 1. The minimum absolute atomic E-state index is 0.125. The molecule has 1 saturated carbocycles. The zero-order valence-corrected chi connectivity index (χ0v) is 16.5. The number of likely N-dealkylation sites (tertiary alicyclic amines) is 2. The number of carbonyl (C=O) groups is 1. The quantitative estimate of drug-likeness (QED) is 0.821. The van der Waals surface area contributed by atoms with E-state index in [1.54, 1.807) is 0 Å². The smallest absolute Gasteiger partial charge is 0.277 e. The molecular formula is C22H31N2O4+. The summed E-state index contributed by atoms with van der Waals surface area (Å²) in [6, 6.07) is 6.29. The Hall–Kier alpha value is -1.79. The van der Waals surface area contributed by atoms with E-state index in [1.165, 1.54) is 10.5 Å². The molecule has 2 N–H and O–H groups in total. The molecule has 4 atom stereocenters. The van der Waals surface area contributed by atoms with Crippen molar-refractivity contribution in [2.45, 2.75) is 56.6 Å². The number of benzene rings is 1. The summed E-state index contributed by atoms with van der Waals surface area (Å²) in [5, 5.41) is 11.4. The summed E-state index contributed by atoms with van der Waals surface area (Å²) >= 11 is 0. The van der Waals surface area contributed by atoms with Crippen LogP contribution in [-0.4, -0.2) is 54.5 Å². The van der Waals surface area contributed by atoms with Gasteiger partial charge in [0, 0.05) is 31.0 Å². The molecule has 3 aliphatic heterocycles. The third-order valence-electron chi connectivity index (χ3n) is 7.38. The molecule has 0 spiro atoms. The Kier molecular flexibility index (Phi) is 4.71. The first kappa shape index (κ1) is 18.3. The van der Waals surface area contributed by atoms with Gasteiger partial charge in [0.2, 0.25) is 6.79 Å². The van der Waals surface area contributed by atoms with Crippen LogP contribution in [0.25, 0.3) is 0 Å². The van der Waals surface area contributed by atoms with Gasteiger partial charge < -0.3 is 24.4 Å². The lowest BCUT2D eigenvalue weighted by molar-refractivity contribution is -0.938. The molecule has 2 saturated heterocycles. The number of carbonyl (C=O) groups excluding carboxylic acids is 1. The first-order valence-corrected chi connectivity index (χ1v) is 10.9. The molecule has 1 amide bonds. The van der Waals surface area contributed by atoms with Crippen molar-refractivity contribution in [2.75, 3.05) is 33.0 Å². The molecule has 1 aliphatic carbocycles. The second kappa shape index (κ2) is 7.23. The standard InChI is InChI=1S/C22H30N2O4/c25-20(23-10-3-4-11-23)14-24-12-9-22(26)8-2-1-5-17(22)21(24)16-6-7-18-19(13-16)28-15-27-18/h6-7,13,17,21,26H,1-5,8-12,14-15H2/p+1/t17-,21+,22+/m0/s1. The average molecular weight is 388 g/mol. The molecule has 0 radical (unpaired) electrons. The topological polar surface area (TPSA) is 63.4 Å². The molecule has 3 fully saturated rings. The van der Waals surface area contributed by atoms with E-state index >= 15 is 0 Å². The van der Waals surface area contributed by atoms with Crippen molar-refractivity contribution in [3.8, 4) is 11.5 Å². The van der Waals surface area contributed by atoms with E-state index in [1.807, 2.05) is 11.0 Å². The lowest BCUT2D eigenvalue weighted by Gasteiger charge is -2.50. The molecular weight excluding hydrogens is 356 g/mol. The van der Waals surface area contributed by atoms with E-state index in [-0.39, 0.29) is 24.7 Å². The molecule has 1 aromatic carbocycles. The SMILES string of the molecule is O=C(C[NH+]1CC[C@]2(O)CCCC[C@H]2[C@H]1c1ccc2c(c1)OCO2)N1CCCC1. The minimum Gasteiger partial charge on any atom is -0.454 e. The predicted octanol–water partition coefficient (Wildman–Crippen LogP) is 1.29. The number of nitrogens with zero attached hydrogens (tertiary/aromatic N) is 1. The first-order valence-electron chi connectivity index (χ1n) is 10.9. The summed E-state index contributed by atoms with van der Waals surface area (Å²) in [6.45, 7) is 3.42. The Bertz CT molecular complexity index is 748. The van der Waals surface area contributed by atoms with E-state index in [4.69, 9.17) is 9.47 Å². The normalized spacial score (nSPS) is 34.3. The summed E-state index contributed by atoms with van der Waals surface area (Å²) < 4.78 is 11.1. The van der Waals surface area contributed by atoms with Crippen LogP contribution in [0.15, 0.2) is 18.2 Å². The molecule has 4 aliphatic rings. The summed E-state index contributed by atoms with van der Waals surface area (Å²) in [5.74, 6) is 2.03. The molecule has 28 heavy (non-hydrogen) atoms. The molecule has 5 rings (SSSR count). The second-order valence-electron chi connectivity index (χ2n) is 8.97. The highest BCUT2D eigenvalue weighted by atomic mass is 16.7. The van der Waals surface area contributed by atoms with Gasteiger partial charge >= 0.3 is 0 Å². The number of aliphatic hydroxyl groups is 1. The van der Waals surface area contributed by atoms with Crippen LogP contribution in [0, 0.1) is 5.92 Å². The Morgan fingerprint density at radius 2 is 1.96 bits per heavy atom. The lowest BCUT2D eigenvalue weighted by Crippen LogP contribution is -3.16. The summed E-state index contributed by atoms with van der Waals surface area (Å²) in [4.78, 5) is 16.2. The first-order chi connectivity index (χ1) is 13.6. The van der Waals surface area contributed by atoms with Gasteiger partial charge in [0.25, 0.3) is 5.91 Å². The number of hydrogen-bond donors (Lipinski definition) is 2. The van der Waals surface area contributed by atoms with E-state index < -0.39 is 5.60 Å². The molecule has 6 nitrogen and oxygen atoms in total. The highest BCUT2D eigenvalue weighted by molar-refractivity contribution is 5.77. The molecule has 0 bridgehead atoms. The Morgan fingerprint density at radius 3 is 2.82 bits per heavy atom. The zero-order valence-electron chi connectivity index (χ0n) is 16.5. The van der Waals surface area contributed by atoms with Crippen LogP contribution < -0.4 is 14.4 Å². The minimum atomic E-state index is -0.598. The van der Waals surface area contributed by atoms with Gasteiger partial charge in [-0.1, -0.05) is 12.8 Å². The van der Waals surface area contributed by atoms with E-state index in [9.17, 15) is 9.90 Å². The van der Waals surface area contributed by atoms with Crippen molar-refractivity contribution in [3.63, 3.8) is 0 Å². The van der Waals surface area contributed by atoms with Crippen LogP contribution in [0.5, 0.6) is 11.5 Å². The number of rotatable bonds is 3. The van der Waals surface area contributed by atoms with Crippen molar-refractivity contribution >= 4 is 5.91 Å². The van der Waals surface area contributed by atoms with Crippen LogP contribution >= 0.6 is 0 Å². The number of ether oxygens (including phenoxy) is 2. The largest absolute Gasteiger partial charge is 0.454 e. The van der Waals surface area contributed by atoms with Gasteiger partial charge in [-0.25, -0.2) is 0 Å². The number of fused-ring (bicyclic) bond motifs is 2. The maximum atomic E-state index is 12.9. The van der Waals surface area contributed by atoms with E-state index in [0.29, 0.717) is 6.54 Å². The fraction of sp³-hybridized carbons (Fsp3) is 0.682. The molecule has 152 valence electrons. The van der Waals surface area contributed by atoms with Gasteiger partial charge in [0.05, 0.1) is 12.1 Å². The third-order valence-corrected chi connectivity index (χ3v) is 7.38. The maximum Gasteiger partial charge on any atom is 0.277 e. The predicted molar refractivity (Wildman–Crippen MR) is 103 cm³/mol. The van der Waals surface area contributed by atoms with Crippen molar-refractivity contribution in [1.82, 2.24) is 4.90 Å². The zero-order chi connectivity index (χ0) is 19.1. The number of hydrogen-bond acceptors (Lipinski definition) is 4. The van der Waals surface area contributed by atoms with Gasteiger partial charge in [-0.15, -0.1) is 0 Å². The van der Waals surface area contributed by atoms with Crippen LogP contribution in [0.1, 0.15) is 56.6 Å². The van der Waals surface area contributed by atoms with Crippen LogP contribution in [0.2, 0.25) is 0 Å². The highest BCUT2D eigenvalue weighted by Gasteiger charge is 2.52. The molecule has 6 heteroatoms. The Morgan fingerprint density at radius 1 is 1.14 bits per heavy atom. The van der Waals surface area contributed by atoms with Crippen molar-refractivity contribution in [1.29, 1.82) is 0 Å². The van der Waals surface area contributed by atoms with Crippen LogP contribution in [0.3, 0.4) is 0 Å². The maximum absolute atomic E-state index is 12.9. The average Bonchev–Trinajstić information content (AvgIpc) is 3.39. The monoisotopic (exact) mass is 387 g/mol. The third kappa shape index (κ3) is 3.16. The number of piperidine rings is 1. The summed E-state index contributed by atoms with van der Waals surface area (Å²) in [5.41, 5.74) is 0.568. The van der Waals surface area contributed by atoms with Gasteiger partial charge in [-0.05, 0) is 43.9 Å². The summed E-state index contributed by atoms with van der Waals surface area (Å²) in [6.07, 6.45) is 7.19. The molecule has 1 unspecified atom stereocenters. The number of nitrogens with one attached hydrogen (secondary N) is 1. The van der Waals surface area contributed by atoms with Gasteiger partial charge in [-0.3, -0.25) is 4.79 Å².